The van der Waals surface area contributed by atoms with Crippen molar-refractivity contribution in [2.75, 3.05) is 21.2 Å². The summed E-state index contributed by atoms with van der Waals surface area (Å²) < 4.78 is 11.6. The van der Waals surface area contributed by atoms with Crippen LogP contribution in [0.2, 0.25) is 0 Å². The molecule has 3 rings (SSSR count). The van der Waals surface area contributed by atoms with E-state index in [1.54, 1.807) is 12.1 Å². The molecule has 1 aliphatic carbocycles. The van der Waals surface area contributed by atoms with E-state index < -0.39 is 0 Å². The van der Waals surface area contributed by atoms with E-state index in [9.17, 15) is 4.79 Å². The molecule has 1 aliphatic heterocycles. The molecule has 0 spiro atoms. The fourth-order valence-electron chi connectivity index (χ4n) is 3.33. The Hall–Kier alpha value is -1.46. The van der Waals surface area contributed by atoms with Crippen LogP contribution in [0.25, 0.3) is 0 Å². The second-order valence-electron chi connectivity index (χ2n) is 6.15. The van der Waals surface area contributed by atoms with Crippen LogP contribution in [-0.2, 0) is 4.79 Å². The molecule has 6 heteroatoms. The smallest absolute Gasteiger partial charge is 0.238 e. The van der Waals surface area contributed by atoms with E-state index in [0.717, 1.165) is 29.9 Å². The highest BCUT2D eigenvalue weighted by molar-refractivity contribution is 5.85. The second-order valence-corrected chi connectivity index (χ2v) is 6.15. The van der Waals surface area contributed by atoms with Crippen LogP contribution < -0.4 is 9.47 Å². The molecule has 1 amide bonds. The van der Waals surface area contributed by atoms with Gasteiger partial charge in [-0.2, -0.15) is 0 Å². The minimum atomic E-state index is 0. The normalized spacial score (nSPS) is 22.3. The maximum absolute atomic E-state index is 11.9. The Morgan fingerprint density at radius 2 is 1.83 bits per heavy atom. The number of ether oxygens (including phenoxy) is 2. The average Bonchev–Trinajstić information content (AvgIpc) is 3.11. The van der Waals surface area contributed by atoms with Crippen LogP contribution in [0.1, 0.15) is 43.7 Å². The molecule has 0 radical (unpaired) electrons. The fourth-order valence-corrected chi connectivity index (χ4v) is 3.33. The van der Waals surface area contributed by atoms with Gasteiger partial charge < -0.3 is 9.47 Å². The Morgan fingerprint density at radius 1 is 1.13 bits per heavy atom. The third-order valence-electron chi connectivity index (χ3n) is 4.82. The Labute approximate surface area is 143 Å². The molecule has 1 unspecified atom stereocenters. The number of hydrogen-bond acceptors (Lipinski definition) is 4. The lowest BCUT2D eigenvalue weighted by molar-refractivity contribution is -0.134. The lowest BCUT2D eigenvalue weighted by Gasteiger charge is -2.25. The Balaban J connectivity index is 0.00000192. The summed E-state index contributed by atoms with van der Waals surface area (Å²) >= 11 is 0. The van der Waals surface area contributed by atoms with Crippen molar-refractivity contribution in [3.05, 3.63) is 23.8 Å². The molecule has 2 aliphatic rings. The number of nitrogens with zero attached hydrogens (tertiary/aromatic N) is 2. The number of carbonyl (C=O) groups excluding carboxylic acids is 1. The monoisotopic (exact) mass is 340 g/mol. The average molecular weight is 341 g/mol. The number of rotatable bonds is 4. The molecule has 5 nitrogen and oxygen atoms in total. The van der Waals surface area contributed by atoms with E-state index in [1.165, 1.54) is 12.8 Å². The molecule has 1 saturated heterocycles. The maximum Gasteiger partial charge on any atom is 0.238 e. The van der Waals surface area contributed by atoms with Gasteiger partial charge in [0.15, 0.2) is 11.5 Å². The van der Waals surface area contributed by atoms with E-state index in [4.69, 9.17) is 9.47 Å². The SMILES string of the molecule is COc1ccc(C2CC(=O)N(C)N2C)cc1OC1CCCC1.Cl. The Bertz CT molecular complexity index is 561. The summed E-state index contributed by atoms with van der Waals surface area (Å²) in [5, 5.41) is 3.65. The molecule has 1 aromatic carbocycles. The van der Waals surface area contributed by atoms with Crippen molar-refractivity contribution in [2.45, 2.75) is 44.2 Å². The third kappa shape index (κ3) is 3.56. The van der Waals surface area contributed by atoms with E-state index in [0.29, 0.717) is 6.42 Å². The molecule has 0 bridgehead atoms. The summed E-state index contributed by atoms with van der Waals surface area (Å²) in [6, 6.07) is 6.06. The Morgan fingerprint density at radius 3 is 2.39 bits per heavy atom. The van der Waals surface area contributed by atoms with Gasteiger partial charge in [0.25, 0.3) is 0 Å². The second kappa shape index (κ2) is 7.41. The minimum absolute atomic E-state index is 0. The van der Waals surface area contributed by atoms with Gasteiger partial charge >= 0.3 is 0 Å². The minimum Gasteiger partial charge on any atom is -0.493 e. The molecule has 128 valence electrons. The van der Waals surface area contributed by atoms with Gasteiger partial charge in [0.05, 0.1) is 19.3 Å². The summed E-state index contributed by atoms with van der Waals surface area (Å²) in [6.07, 6.45) is 5.47. The summed E-state index contributed by atoms with van der Waals surface area (Å²) in [4.78, 5) is 11.9. The van der Waals surface area contributed by atoms with E-state index >= 15 is 0 Å². The maximum atomic E-state index is 11.9. The van der Waals surface area contributed by atoms with Crippen LogP contribution in [0.4, 0.5) is 0 Å². The molecule has 1 heterocycles. The number of methoxy groups -OCH3 is 1. The van der Waals surface area contributed by atoms with Crippen molar-refractivity contribution in [3.63, 3.8) is 0 Å². The lowest BCUT2D eigenvalue weighted by atomic mass is 10.0. The van der Waals surface area contributed by atoms with Gasteiger partial charge in [-0.3, -0.25) is 9.80 Å². The zero-order chi connectivity index (χ0) is 15.7. The predicted octanol–water partition coefficient (Wildman–Crippen LogP) is 3.19. The van der Waals surface area contributed by atoms with Crippen LogP contribution >= 0.6 is 12.4 Å². The number of halogens is 1. The molecular formula is C17H25ClN2O3. The van der Waals surface area contributed by atoms with Gasteiger partial charge in [0.1, 0.15) is 0 Å². The van der Waals surface area contributed by atoms with Crippen molar-refractivity contribution >= 4 is 18.3 Å². The molecule has 0 N–H and O–H groups in total. The van der Waals surface area contributed by atoms with Crippen LogP contribution in [0.5, 0.6) is 11.5 Å². The van der Waals surface area contributed by atoms with Gasteiger partial charge in [-0.1, -0.05) is 6.07 Å². The Kier molecular flexibility index (Phi) is 5.76. The first-order valence-corrected chi connectivity index (χ1v) is 7.94. The molecule has 0 aromatic heterocycles. The largest absolute Gasteiger partial charge is 0.493 e. The summed E-state index contributed by atoms with van der Waals surface area (Å²) in [5.74, 6) is 1.69. The quantitative estimate of drug-likeness (QED) is 0.844. The molecule has 1 atom stereocenters. The van der Waals surface area contributed by atoms with Crippen molar-refractivity contribution in [3.8, 4) is 11.5 Å². The summed E-state index contributed by atoms with van der Waals surface area (Å²) in [6.45, 7) is 0. The number of hydrogen-bond donors (Lipinski definition) is 0. The number of hydrazine groups is 1. The van der Waals surface area contributed by atoms with Gasteiger partial charge in [0.2, 0.25) is 5.91 Å². The predicted molar refractivity (Wildman–Crippen MR) is 91.0 cm³/mol. The first kappa shape index (κ1) is 17.9. The van der Waals surface area contributed by atoms with Crippen LogP contribution in [0, 0.1) is 0 Å². The van der Waals surface area contributed by atoms with Gasteiger partial charge in [-0.25, -0.2) is 5.01 Å². The van der Waals surface area contributed by atoms with Gasteiger partial charge in [-0.05, 0) is 43.4 Å². The van der Waals surface area contributed by atoms with Crippen molar-refractivity contribution in [1.82, 2.24) is 10.0 Å². The number of carbonyl (C=O) groups is 1. The number of amides is 1. The van der Waals surface area contributed by atoms with Crippen molar-refractivity contribution < 1.29 is 14.3 Å². The van der Waals surface area contributed by atoms with E-state index in [2.05, 4.69) is 0 Å². The molecular weight excluding hydrogens is 316 g/mol. The zero-order valence-corrected chi connectivity index (χ0v) is 14.8. The highest BCUT2D eigenvalue weighted by Crippen LogP contribution is 2.37. The first-order valence-electron chi connectivity index (χ1n) is 7.94. The molecule has 2 fully saturated rings. The van der Waals surface area contributed by atoms with Crippen LogP contribution in [0.3, 0.4) is 0 Å². The lowest BCUT2D eigenvalue weighted by Crippen LogP contribution is -2.33. The van der Waals surface area contributed by atoms with E-state index in [1.807, 2.05) is 37.3 Å². The highest BCUT2D eigenvalue weighted by atomic mass is 35.5. The molecule has 23 heavy (non-hydrogen) atoms. The van der Waals surface area contributed by atoms with Crippen LogP contribution in [0.15, 0.2) is 18.2 Å². The number of benzene rings is 1. The molecule has 1 saturated carbocycles. The van der Waals surface area contributed by atoms with E-state index in [-0.39, 0.29) is 30.5 Å². The van der Waals surface area contributed by atoms with Crippen LogP contribution in [-0.4, -0.2) is 43.2 Å². The van der Waals surface area contributed by atoms with Crippen molar-refractivity contribution in [2.24, 2.45) is 0 Å². The third-order valence-corrected chi connectivity index (χ3v) is 4.82. The standard InChI is InChI=1S/C17H24N2O3.ClH/c1-18-14(11-17(20)19(18)2)12-8-9-15(21-3)16(10-12)22-13-6-4-5-7-13;/h8-10,13-14H,4-7,11H2,1-3H3;1H. The van der Waals surface area contributed by atoms with Gasteiger partial charge in [0, 0.05) is 20.5 Å². The molecule has 1 aromatic rings. The summed E-state index contributed by atoms with van der Waals surface area (Å²) in [7, 11) is 5.41. The zero-order valence-electron chi connectivity index (χ0n) is 13.9. The summed E-state index contributed by atoms with van der Waals surface area (Å²) in [5.41, 5.74) is 1.09. The first-order chi connectivity index (χ1) is 10.6. The fraction of sp³-hybridized carbons (Fsp3) is 0.588. The highest BCUT2D eigenvalue weighted by Gasteiger charge is 2.34. The van der Waals surface area contributed by atoms with Crippen molar-refractivity contribution in [1.29, 1.82) is 0 Å². The van der Waals surface area contributed by atoms with Gasteiger partial charge in [-0.15, -0.1) is 12.4 Å². The topological polar surface area (TPSA) is 42.0 Å².